The van der Waals surface area contributed by atoms with Gasteiger partial charge in [-0.3, -0.25) is 0 Å². The maximum absolute atomic E-state index is 10.1. The molecule has 0 aliphatic carbocycles. The summed E-state index contributed by atoms with van der Waals surface area (Å²) >= 11 is 0. The SMILES string of the molecule is O=[N+]([O-])O[C@H]1CO[C@@H]2/C(=N/O)CO[C@H]12. The number of rotatable bonds is 2. The summed E-state index contributed by atoms with van der Waals surface area (Å²) in [4.78, 5) is 14.4. The Balaban J connectivity index is 2.04. The third kappa shape index (κ3) is 1.38. The molecule has 0 aromatic rings. The molecule has 14 heavy (non-hydrogen) atoms. The number of oxime groups is 1. The van der Waals surface area contributed by atoms with Gasteiger partial charge in [0.15, 0.2) is 6.10 Å². The molecule has 8 nitrogen and oxygen atoms in total. The van der Waals surface area contributed by atoms with Crippen LogP contribution in [0.4, 0.5) is 0 Å². The molecule has 0 unspecified atom stereocenters. The van der Waals surface area contributed by atoms with Crippen molar-refractivity contribution in [2.75, 3.05) is 13.2 Å². The molecule has 2 saturated heterocycles. The van der Waals surface area contributed by atoms with Gasteiger partial charge in [0.25, 0.3) is 5.09 Å². The van der Waals surface area contributed by atoms with Crippen LogP contribution in [0.1, 0.15) is 0 Å². The maximum atomic E-state index is 10.1. The number of hydrogen-bond donors (Lipinski definition) is 1. The van der Waals surface area contributed by atoms with E-state index < -0.39 is 23.4 Å². The van der Waals surface area contributed by atoms with Crippen molar-refractivity contribution in [3.63, 3.8) is 0 Å². The standard InChI is InChI=1S/C6H8N2O6/c9-7-3-1-12-6-4(14-8(10)11)2-13-5(3)6/h4-6,9H,1-2H2/b7-3+/t4-,5+,6+/m0/s1. The van der Waals surface area contributed by atoms with Gasteiger partial charge < -0.3 is 19.5 Å². The number of hydrogen-bond acceptors (Lipinski definition) is 7. The van der Waals surface area contributed by atoms with Crippen LogP contribution >= 0.6 is 0 Å². The van der Waals surface area contributed by atoms with E-state index >= 15 is 0 Å². The summed E-state index contributed by atoms with van der Waals surface area (Å²) in [7, 11) is 0. The molecule has 0 radical (unpaired) electrons. The highest BCUT2D eigenvalue weighted by Gasteiger charge is 2.48. The van der Waals surface area contributed by atoms with E-state index in [0.717, 1.165) is 0 Å². The van der Waals surface area contributed by atoms with Crippen molar-refractivity contribution < 1.29 is 24.6 Å². The van der Waals surface area contributed by atoms with E-state index in [1.54, 1.807) is 0 Å². The third-order valence-corrected chi connectivity index (χ3v) is 2.21. The van der Waals surface area contributed by atoms with Gasteiger partial charge in [-0.2, -0.15) is 0 Å². The van der Waals surface area contributed by atoms with Gasteiger partial charge in [-0.25, -0.2) is 0 Å². The van der Waals surface area contributed by atoms with Crippen molar-refractivity contribution in [2.24, 2.45) is 5.16 Å². The van der Waals surface area contributed by atoms with Crippen LogP contribution < -0.4 is 0 Å². The average molecular weight is 204 g/mol. The second-order valence-corrected chi connectivity index (χ2v) is 2.99. The molecule has 0 amide bonds. The first-order valence-corrected chi connectivity index (χ1v) is 3.97. The largest absolute Gasteiger partial charge is 0.411 e. The van der Waals surface area contributed by atoms with Gasteiger partial charge in [-0.05, 0) is 0 Å². The lowest BCUT2D eigenvalue weighted by Crippen LogP contribution is -2.32. The molecule has 3 atom stereocenters. The molecule has 2 aliphatic heterocycles. The predicted octanol–water partition coefficient (Wildman–Crippen LogP) is -0.809. The van der Waals surface area contributed by atoms with E-state index in [-0.39, 0.29) is 13.2 Å². The van der Waals surface area contributed by atoms with Crippen molar-refractivity contribution in [3.8, 4) is 0 Å². The molecule has 78 valence electrons. The summed E-state index contributed by atoms with van der Waals surface area (Å²) in [6.45, 7) is 0.179. The van der Waals surface area contributed by atoms with E-state index in [1.165, 1.54) is 0 Å². The van der Waals surface area contributed by atoms with Crippen LogP contribution in [0.2, 0.25) is 0 Å². The summed E-state index contributed by atoms with van der Waals surface area (Å²) in [5, 5.41) is 20.7. The molecule has 1 N–H and O–H groups in total. The molecule has 0 spiro atoms. The van der Waals surface area contributed by atoms with Crippen molar-refractivity contribution in [1.29, 1.82) is 0 Å². The first-order valence-electron chi connectivity index (χ1n) is 3.97. The van der Waals surface area contributed by atoms with Crippen molar-refractivity contribution in [2.45, 2.75) is 18.3 Å². The lowest BCUT2D eigenvalue weighted by atomic mass is 10.1. The maximum Gasteiger partial charge on any atom is 0.294 e. The number of nitrogens with zero attached hydrogens (tertiary/aromatic N) is 2. The molecule has 8 heteroatoms. The van der Waals surface area contributed by atoms with Crippen LogP contribution in [-0.2, 0) is 14.3 Å². The van der Waals surface area contributed by atoms with Crippen LogP contribution in [0, 0.1) is 10.1 Å². The summed E-state index contributed by atoms with van der Waals surface area (Å²) in [6.07, 6.45) is -1.81. The molecule has 0 aromatic heterocycles. The Morgan fingerprint density at radius 2 is 2.43 bits per heavy atom. The van der Waals surface area contributed by atoms with E-state index in [0.29, 0.717) is 5.71 Å². The highest BCUT2D eigenvalue weighted by molar-refractivity contribution is 5.92. The van der Waals surface area contributed by atoms with Crippen LogP contribution in [0.3, 0.4) is 0 Å². The first-order chi connectivity index (χ1) is 6.72. The Hall–Kier alpha value is -1.41. The highest BCUT2D eigenvalue weighted by atomic mass is 17.0. The van der Waals surface area contributed by atoms with Crippen LogP contribution in [-0.4, -0.2) is 47.5 Å². The highest BCUT2D eigenvalue weighted by Crippen LogP contribution is 2.26. The van der Waals surface area contributed by atoms with Gasteiger partial charge in [0.2, 0.25) is 0 Å². The zero-order chi connectivity index (χ0) is 10.1. The zero-order valence-electron chi connectivity index (χ0n) is 7.03. The first kappa shape index (κ1) is 9.16. The molecule has 2 fully saturated rings. The Morgan fingerprint density at radius 3 is 3.07 bits per heavy atom. The fourth-order valence-corrected chi connectivity index (χ4v) is 1.61. The summed E-state index contributed by atoms with van der Waals surface area (Å²) in [5.41, 5.74) is 0.337. The van der Waals surface area contributed by atoms with Gasteiger partial charge in [0.05, 0.1) is 13.2 Å². The quantitative estimate of drug-likeness (QED) is 0.358. The summed E-state index contributed by atoms with van der Waals surface area (Å²) in [5.74, 6) is 0. The summed E-state index contributed by atoms with van der Waals surface area (Å²) < 4.78 is 10.3. The molecule has 0 aromatic carbocycles. The van der Waals surface area contributed by atoms with Crippen molar-refractivity contribution in [1.82, 2.24) is 0 Å². The molecule has 0 saturated carbocycles. The van der Waals surface area contributed by atoms with Crippen LogP contribution in [0.15, 0.2) is 5.16 Å². The van der Waals surface area contributed by atoms with E-state index in [2.05, 4.69) is 9.99 Å². The van der Waals surface area contributed by atoms with Gasteiger partial charge in [0, 0.05) is 0 Å². The summed E-state index contributed by atoms with van der Waals surface area (Å²) in [6, 6.07) is 0. The Bertz CT molecular complexity index is 279. The third-order valence-electron chi connectivity index (χ3n) is 2.21. The fraction of sp³-hybridized carbons (Fsp3) is 0.833. The second kappa shape index (κ2) is 3.39. The molecule has 2 aliphatic rings. The van der Waals surface area contributed by atoms with Gasteiger partial charge in [-0.1, -0.05) is 5.16 Å². The Morgan fingerprint density at radius 1 is 1.64 bits per heavy atom. The minimum absolute atomic E-state index is 0.0648. The smallest absolute Gasteiger partial charge is 0.294 e. The van der Waals surface area contributed by atoms with Crippen molar-refractivity contribution >= 4 is 5.71 Å². The Labute approximate surface area is 78.1 Å². The lowest BCUT2D eigenvalue weighted by molar-refractivity contribution is -0.769. The van der Waals surface area contributed by atoms with Crippen molar-refractivity contribution in [3.05, 3.63) is 10.1 Å². The molecular formula is C6H8N2O6. The topological polar surface area (TPSA) is 103 Å². The van der Waals surface area contributed by atoms with Gasteiger partial charge in [0.1, 0.15) is 17.9 Å². The Kier molecular flexibility index (Phi) is 2.22. The molecule has 0 bridgehead atoms. The normalized spacial score (nSPS) is 38.6. The minimum Gasteiger partial charge on any atom is -0.411 e. The van der Waals surface area contributed by atoms with E-state index in [9.17, 15) is 10.1 Å². The fourth-order valence-electron chi connectivity index (χ4n) is 1.61. The van der Waals surface area contributed by atoms with Crippen LogP contribution in [0.5, 0.6) is 0 Å². The average Bonchev–Trinajstić information content (AvgIpc) is 2.67. The predicted molar refractivity (Wildman–Crippen MR) is 40.6 cm³/mol. The van der Waals surface area contributed by atoms with E-state index in [4.69, 9.17) is 14.7 Å². The molecular weight excluding hydrogens is 196 g/mol. The molecule has 2 heterocycles. The number of fused-ring (bicyclic) bond motifs is 1. The minimum atomic E-state index is -0.881. The van der Waals surface area contributed by atoms with Gasteiger partial charge >= 0.3 is 0 Å². The van der Waals surface area contributed by atoms with E-state index in [1.807, 2.05) is 0 Å². The van der Waals surface area contributed by atoms with Gasteiger partial charge in [-0.15, -0.1) is 10.1 Å². The monoisotopic (exact) mass is 204 g/mol. The molecule has 2 rings (SSSR count). The zero-order valence-corrected chi connectivity index (χ0v) is 7.03. The number of ether oxygens (including phenoxy) is 2. The lowest BCUT2D eigenvalue weighted by Gasteiger charge is -2.12. The van der Waals surface area contributed by atoms with Crippen LogP contribution in [0.25, 0.3) is 0 Å². The second-order valence-electron chi connectivity index (χ2n) is 2.99.